The minimum atomic E-state index is -0.220. The fourth-order valence-electron chi connectivity index (χ4n) is 1.02. The predicted molar refractivity (Wildman–Crippen MR) is 46.5 cm³/mol. The molecular weight excluding hydrogens is 154 g/mol. The Morgan fingerprint density at radius 3 is 2.67 bits per heavy atom. The van der Waals surface area contributed by atoms with Gasteiger partial charge in [0.15, 0.2) is 6.29 Å². The van der Waals surface area contributed by atoms with Gasteiger partial charge in [0.25, 0.3) is 5.56 Å². The molecule has 1 rings (SSSR count). The maximum Gasteiger partial charge on any atom is 0.261 e. The van der Waals surface area contributed by atoms with Crippen molar-refractivity contribution < 1.29 is 4.79 Å². The SMILES string of the molecule is CC(C)n1cccc(C=O)c1=O. The van der Waals surface area contributed by atoms with Crippen LogP contribution in [0.3, 0.4) is 0 Å². The number of hydrogen-bond donors (Lipinski definition) is 0. The lowest BCUT2D eigenvalue weighted by Gasteiger charge is -2.08. The zero-order valence-electron chi connectivity index (χ0n) is 7.15. The van der Waals surface area contributed by atoms with E-state index in [9.17, 15) is 9.59 Å². The highest BCUT2D eigenvalue weighted by Crippen LogP contribution is 1.99. The number of carbonyl (C=O) groups excluding carboxylic acids is 1. The van der Waals surface area contributed by atoms with E-state index in [4.69, 9.17) is 0 Å². The lowest BCUT2D eigenvalue weighted by atomic mass is 10.3. The number of nitrogens with zero attached hydrogens (tertiary/aromatic N) is 1. The quantitative estimate of drug-likeness (QED) is 0.618. The van der Waals surface area contributed by atoms with Gasteiger partial charge in [-0.15, -0.1) is 0 Å². The van der Waals surface area contributed by atoms with Crippen molar-refractivity contribution in [3.05, 3.63) is 34.2 Å². The van der Waals surface area contributed by atoms with Gasteiger partial charge in [0.2, 0.25) is 0 Å². The van der Waals surface area contributed by atoms with Gasteiger partial charge in [-0.1, -0.05) is 0 Å². The standard InChI is InChI=1S/C9H11NO2/c1-7(2)10-5-3-4-8(6-11)9(10)12/h3-7H,1-2H3. The second-order valence-electron chi connectivity index (χ2n) is 2.89. The summed E-state index contributed by atoms with van der Waals surface area (Å²) in [6.45, 7) is 3.80. The molecule has 0 atom stereocenters. The molecule has 0 aliphatic carbocycles. The molecule has 0 saturated heterocycles. The Kier molecular flexibility index (Phi) is 2.43. The van der Waals surface area contributed by atoms with Crippen LogP contribution in [-0.2, 0) is 0 Å². The number of pyridine rings is 1. The first-order valence-electron chi connectivity index (χ1n) is 3.83. The fraction of sp³-hybridized carbons (Fsp3) is 0.333. The van der Waals surface area contributed by atoms with Gasteiger partial charge in [-0.2, -0.15) is 0 Å². The molecule has 0 fully saturated rings. The normalized spacial score (nSPS) is 10.2. The highest BCUT2D eigenvalue weighted by atomic mass is 16.1. The summed E-state index contributed by atoms with van der Waals surface area (Å²) in [5.74, 6) is 0. The summed E-state index contributed by atoms with van der Waals surface area (Å²) in [4.78, 5) is 21.8. The van der Waals surface area contributed by atoms with Crippen molar-refractivity contribution in [2.24, 2.45) is 0 Å². The molecular formula is C9H11NO2. The zero-order valence-corrected chi connectivity index (χ0v) is 7.15. The van der Waals surface area contributed by atoms with E-state index in [0.29, 0.717) is 6.29 Å². The first-order chi connectivity index (χ1) is 5.66. The van der Waals surface area contributed by atoms with E-state index in [1.165, 1.54) is 10.6 Å². The van der Waals surface area contributed by atoms with Crippen LogP contribution in [0, 0.1) is 0 Å². The molecule has 0 aliphatic rings. The van der Waals surface area contributed by atoms with Gasteiger partial charge >= 0.3 is 0 Å². The molecule has 1 aromatic rings. The van der Waals surface area contributed by atoms with Gasteiger partial charge in [0, 0.05) is 12.2 Å². The molecule has 0 unspecified atom stereocenters. The zero-order chi connectivity index (χ0) is 9.14. The van der Waals surface area contributed by atoms with Crippen LogP contribution < -0.4 is 5.56 Å². The lowest BCUT2D eigenvalue weighted by Crippen LogP contribution is -2.23. The monoisotopic (exact) mass is 165 g/mol. The van der Waals surface area contributed by atoms with Crippen molar-refractivity contribution in [2.75, 3.05) is 0 Å². The van der Waals surface area contributed by atoms with E-state index >= 15 is 0 Å². The largest absolute Gasteiger partial charge is 0.312 e. The number of hydrogen-bond acceptors (Lipinski definition) is 2. The van der Waals surface area contributed by atoms with Crippen LogP contribution in [0.15, 0.2) is 23.1 Å². The molecule has 12 heavy (non-hydrogen) atoms. The van der Waals surface area contributed by atoms with Crippen LogP contribution in [-0.4, -0.2) is 10.9 Å². The summed E-state index contributed by atoms with van der Waals surface area (Å²) >= 11 is 0. The smallest absolute Gasteiger partial charge is 0.261 e. The molecule has 1 aromatic heterocycles. The van der Waals surface area contributed by atoms with Crippen molar-refractivity contribution in [1.82, 2.24) is 4.57 Å². The Morgan fingerprint density at radius 2 is 2.17 bits per heavy atom. The minimum Gasteiger partial charge on any atom is -0.312 e. The van der Waals surface area contributed by atoms with Gasteiger partial charge in [-0.25, -0.2) is 0 Å². The molecule has 0 N–H and O–H groups in total. The van der Waals surface area contributed by atoms with Crippen molar-refractivity contribution >= 4 is 6.29 Å². The number of aldehydes is 1. The number of aromatic nitrogens is 1. The van der Waals surface area contributed by atoms with E-state index in [1.807, 2.05) is 13.8 Å². The van der Waals surface area contributed by atoms with Crippen molar-refractivity contribution in [3.8, 4) is 0 Å². The molecule has 0 aromatic carbocycles. The Hall–Kier alpha value is -1.38. The average molecular weight is 165 g/mol. The summed E-state index contributed by atoms with van der Waals surface area (Å²) in [5.41, 5.74) is -0.00583. The maximum absolute atomic E-state index is 11.4. The Balaban J connectivity index is 3.33. The van der Waals surface area contributed by atoms with E-state index in [2.05, 4.69) is 0 Å². The van der Waals surface area contributed by atoms with E-state index in [-0.39, 0.29) is 17.2 Å². The van der Waals surface area contributed by atoms with Crippen LogP contribution in [0.25, 0.3) is 0 Å². The molecule has 0 amide bonds. The number of rotatable bonds is 2. The molecule has 64 valence electrons. The van der Waals surface area contributed by atoms with Crippen molar-refractivity contribution in [3.63, 3.8) is 0 Å². The maximum atomic E-state index is 11.4. The second kappa shape index (κ2) is 3.34. The van der Waals surface area contributed by atoms with Gasteiger partial charge < -0.3 is 4.57 Å². The molecule has 3 heteroatoms. The summed E-state index contributed by atoms with van der Waals surface area (Å²) in [6.07, 6.45) is 2.27. The van der Waals surface area contributed by atoms with Gasteiger partial charge in [-0.05, 0) is 26.0 Å². The molecule has 0 saturated carbocycles. The summed E-state index contributed by atoms with van der Waals surface area (Å²) in [6, 6.07) is 3.32. The van der Waals surface area contributed by atoms with Crippen molar-refractivity contribution in [2.45, 2.75) is 19.9 Å². The van der Waals surface area contributed by atoms with Crippen molar-refractivity contribution in [1.29, 1.82) is 0 Å². The highest BCUT2D eigenvalue weighted by Gasteiger charge is 2.03. The minimum absolute atomic E-state index is 0.0948. The Bertz CT molecular complexity index is 339. The van der Waals surface area contributed by atoms with Crippen LogP contribution in [0.4, 0.5) is 0 Å². The van der Waals surface area contributed by atoms with Crippen LogP contribution in [0.5, 0.6) is 0 Å². The molecule has 0 bridgehead atoms. The first-order valence-corrected chi connectivity index (χ1v) is 3.83. The third kappa shape index (κ3) is 1.44. The third-order valence-corrected chi connectivity index (χ3v) is 1.69. The van der Waals surface area contributed by atoms with E-state index < -0.39 is 0 Å². The van der Waals surface area contributed by atoms with Gasteiger partial charge in [0.05, 0.1) is 5.56 Å². The first kappa shape index (κ1) is 8.71. The summed E-state index contributed by atoms with van der Waals surface area (Å²) < 4.78 is 1.53. The van der Waals surface area contributed by atoms with Crippen LogP contribution in [0.1, 0.15) is 30.2 Å². The van der Waals surface area contributed by atoms with Gasteiger partial charge in [-0.3, -0.25) is 9.59 Å². The van der Waals surface area contributed by atoms with Crippen LogP contribution >= 0.6 is 0 Å². The van der Waals surface area contributed by atoms with E-state index in [1.54, 1.807) is 12.3 Å². The second-order valence-corrected chi connectivity index (χ2v) is 2.89. The Morgan fingerprint density at radius 1 is 1.50 bits per heavy atom. The van der Waals surface area contributed by atoms with Crippen LogP contribution in [0.2, 0.25) is 0 Å². The fourth-order valence-corrected chi connectivity index (χ4v) is 1.02. The topological polar surface area (TPSA) is 39.1 Å². The molecule has 1 heterocycles. The summed E-state index contributed by atoms with van der Waals surface area (Å²) in [5, 5.41) is 0. The molecule has 0 spiro atoms. The average Bonchev–Trinajstić information content (AvgIpc) is 2.04. The highest BCUT2D eigenvalue weighted by molar-refractivity contribution is 5.73. The Labute approximate surface area is 70.6 Å². The van der Waals surface area contributed by atoms with Gasteiger partial charge in [0.1, 0.15) is 0 Å². The molecule has 0 radical (unpaired) electrons. The summed E-state index contributed by atoms with van der Waals surface area (Å²) in [7, 11) is 0. The third-order valence-electron chi connectivity index (χ3n) is 1.69. The number of carbonyl (C=O) groups is 1. The predicted octanol–water partition coefficient (Wildman–Crippen LogP) is 1.24. The molecule has 0 aliphatic heterocycles. The van der Waals surface area contributed by atoms with E-state index in [0.717, 1.165) is 0 Å². The lowest BCUT2D eigenvalue weighted by molar-refractivity contribution is 0.112. The molecule has 3 nitrogen and oxygen atoms in total.